The normalized spacial score (nSPS) is 11.2. The highest BCUT2D eigenvalue weighted by Gasteiger charge is 2.08. The molecule has 0 amide bonds. The number of phenolic OH excluding ortho intramolecular Hbond substituents is 1. The van der Waals surface area contributed by atoms with Crippen molar-refractivity contribution in [1.82, 2.24) is 0 Å². The minimum Gasteiger partial charge on any atom is -0.507 e. The van der Waals surface area contributed by atoms with E-state index in [4.69, 9.17) is 0 Å². The van der Waals surface area contributed by atoms with Gasteiger partial charge >= 0.3 is 0 Å². The highest BCUT2D eigenvalue weighted by molar-refractivity contribution is 7.99. The molecule has 4 heteroatoms. The number of benzene rings is 2. The number of phenols is 1. The summed E-state index contributed by atoms with van der Waals surface area (Å²) in [5.74, 6) is -0.0496. The Hall–Kier alpha value is -1.29. The molecule has 0 radical (unpaired) electrons. The zero-order valence-electron chi connectivity index (χ0n) is 8.36. The zero-order valence-corrected chi connectivity index (χ0v) is 9.18. The first kappa shape index (κ1) is 11.2. The molecule has 2 rings (SSSR count). The van der Waals surface area contributed by atoms with E-state index in [0.717, 1.165) is 22.0 Å². The summed E-state index contributed by atoms with van der Waals surface area (Å²) in [5.41, 5.74) is 0. The smallest absolute Gasteiger partial charge is 0.247 e. The summed E-state index contributed by atoms with van der Waals surface area (Å²) < 4.78 is 24.3. The number of alkyl halides is 2. The van der Waals surface area contributed by atoms with Gasteiger partial charge in [0.1, 0.15) is 5.75 Å². The molecule has 84 valence electrons. The molecule has 0 fully saturated rings. The molecule has 0 spiro atoms. The van der Waals surface area contributed by atoms with E-state index in [1.165, 1.54) is 6.07 Å². The summed E-state index contributed by atoms with van der Waals surface area (Å²) in [6, 6.07) is 10.4. The van der Waals surface area contributed by atoms with Crippen molar-refractivity contribution < 1.29 is 13.9 Å². The monoisotopic (exact) mass is 240 g/mol. The third-order valence-electron chi connectivity index (χ3n) is 2.23. The van der Waals surface area contributed by atoms with Crippen LogP contribution in [0.1, 0.15) is 0 Å². The molecule has 1 nitrogen and oxygen atoms in total. The quantitative estimate of drug-likeness (QED) is 0.821. The molecule has 0 atom stereocenters. The Labute approximate surface area is 96.1 Å². The van der Waals surface area contributed by atoms with Crippen molar-refractivity contribution in [2.24, 2.45) is 0 Å². The Morgan fingerprint density at radius 2 is 1.75 bits per heavy atom. The molecular weight excluding hydrogens is 230 g/mol. The number of thioether (sulfide) groups is 1. The molecule has 0 bridgehead atoms. The van der Waals surface area contributed by atoms with Gasteiger partial charge in [0.2, 0.25) is 6.43 Å². The lowest BCUT2D eigenvalue weighted by molar-refractivity contribution is 0.177. The van der Waals surface area contributed by atoms with Crippen LogP contribution in [0.25, 0.3) is 10.8 Å². The van der Waals surface area contributed by atoms with E-state index in [-0.39, 0.29) is 11.5 Å². The molecule has 2 aromatic rings. The maximum atomic E-state index is 12.1. The second-order valence-electron chi connectivity index (χ2n) is 3.33. The summed E-state index contributed by atoms with van der Waals surface area (Å²) >= 11 is 1.11. The Morgan fingerprint density at radius 1 is 1.06 bits per heavy atom. The van der Waals surface area contributed by atoms with Crippen molar-refractivity contribution in [3.8, 4) is 5.75 Å². The van der Waals surface area contributed by atoms with Gasteiger partial charge in [0.15, 0.2) is 0 Å². The number of aromatic hydroxyl groups is 1. The minimum absolute atomic E-state index is 0.178. The van der Waals surface area contributed by atoms with Gasteiger partial charge in [0.25, 0.3) is 0 Å². The molecule has 1 N–H and O–H groups in total. The van der Waals surface area contributed by atoms with Crippen LogP contribution in [-0.4, -0.2) is 17.3 Å². The summed E-state index contributed by atoms with van der Waals surface area (Å²) in [7, 11) is 0. The van der Waals surface area contributed by atoms with Crippen LogP contribution in [0.4, 0.5) is 8.78 Å². The summed E-state index contributed by atoms with van der Waals surface area (Å²) in [5, 5.41) is 11.1. The van der Waals surface area contributed by atoms with Crippen LogP contribution in [-0.2, 0) is 0 Å². The fourth-order valence-corrected chi connectivity index (χ4v) is 2.34. The standard InChI is InChI=1S/C12H10F2OS/c13-12(14)7-16-11-6-5-10(15)8-3-1-2-4-9(8)11/h1-6,12,15H,7H2. The second-order valence-corrected chi connectivity index (χ2v) is 4.39. The first-order chi connectivity index (χ1) is 7.68. The van der Waals surface area contributed by atoms with Crippen molar-refractivity contribution in [3.63, 3.8) is 0 Å². The van der Waals surface area contributed by atoms with Gasteiger partial charge in [-0.2, -0.15) is 0 Å². The van der Waals surface area contributed by atoms with Gasteiger partial charge in [0, 0.05) is 10.3 Å². The van der Waals surface area contributed by atoms with Crippen molar-refractivity contribution in [2.45, 2.75) is 11.3 Å². The van der Waals surface area contributed by atoms with Gasteiger partial charge in [-0.25, -0.2) is 8.78 Å². The van der Waals surface area contributed by atoms with Crippen LogP contribution in [0, 0.1) is 0 Å². The molecule has 0 aliphatic carbocycles. The van der Waals surface area contributed by atoms with Crippen LogP contribution in [0.5, 0.6) is 5.75 Å². The number of hydrogen-bond acceptors (Lipinski definition) is 2. The van der Waals surface area contributed by atoms with Gasteiger partial charge in [-0.3, -0.25) is 0 Å². The van der Waals surface area contributed by atoms with E-state index in [2.05, 4.69) is 0 Å². The second kappa shape index (κ2) is 4.70. The fraction of sp³-hybridized carbons (Fsp3) is 0.167. The zero-order chi connectivity index (χ0) is 11.5. The number of halogens is 2. The van der Waals surface area contributed by atoms with E-state index in [1.54, 1.807) is 12.1 Å². The highest BCUT2D eigenvalue weighted by Crippen LogP contribution is 2.33. The molecule has 0 aliphatic rings. The van der Waals surface area contributed by atoms with Crippen LogP contribution in [0.3, 0.4) is 0 Å². The summed E-state index contributed by atoms with van der Waals surface area (Å²) in [6.07, 6.45) is -2.32. The van der Waals surface area contributed by atoms with Crippen LogP contribution in [0.2, 0.25) is 0 Å². The molecular formula is C12H10F2OS. The van der Waals surface area contributed by atoms with E-state index in [0.29, 0.717) is 5.39 Å². The Bertz CT molecular complexity index is 499. The molecule has 0 saturated carbocycles. The SMILES string of the molecule is Oc1ccc(SCC(F)F)c2ccccc12. The van der Waals surface area contributed by atoms with E-state index in [9.17, 15) is 13.9 Å². The Morgan fingerprint density at radius 3 is 2.44 bits per heavy atom. The van der Waals surface area contributed by atoms with Gasteiger partial charge < -0.3 is 5.11 Å². The molecule has 0 aliphatic heterocycles. The summed E-state index contributed by atoms with van der Waals surface area (Å²) in [4.78, 5) is 0.772. The predicted octanol–water partition coefficient (Wildman–Crippen LogP) is 3.90. The topological polar surface area (TPSA) is 20.2 Å². The van der Waals surface area contributed by atoms with Crippen LogP contribution >= 0.6 is 11.8 Å². The van der Waals surface area contributed by atoms with Crippen LogP contribution < -0.4 is 0 Å². The maximum absolute atomic E-state index is 12.1. The first-order valence-corrected chi connectivity index (χ1v) is 5.78. The highest BCUT2D eigenvalue weighted by atomic mass is 32.2. The lowest BCUT2D eigenvalue weighted by Gasteiger charge is -2.07. The average Bonchev–Trinajstić information content (AvgIpc) is 2.28. The van der Waals surface area contributed by atoms with E-state index in [1.807, 2.05) is 18.2 Å². The third-order valence-corrected chi connectivity index (χ3v) is 3.31. The number of hydrogen-bond donors (Lipinski definition) is 1. The summed E-state index contributed by atoms with van der Waals surface area (Å²) in [6.45, 7) is 0. The maximum Gasteiger partial charge on any atom is 0.247 e. The number of fused-ring (bicyclic) bond motifs is 1. The van der Waals surface area contributed by atoms with E-state index >= 15 is 0 Å². The van der Waals surface area contributed by atoms with Crippen molar-refractivity contribution in [2.75, 3.05) is 5.75 Å². The molecule has 0 heterocycles. The largest absolute Gasteiger partial charge is 0.507 e. The third kappa shape index (κ3) is 2.27. The molecule has 16 heavy (non-hydrogen) atoms. The van der Waals surface area contributed by atoms with Crippen molar-refractivity contribution >= 4 is 22.5 Å². The average molecular weight is 240 g/mol. The Kier molecular flexibility index (Phi) is 3.29. The lowest BCUT2D eigenvalue weighted by Crippen LogP contribution is -1.93. The molecule has 0 aromatic heterocycles. The van der Waals surface area contributed by atoms with Crippen LogP contribution in [0.15, 0.2) is 41.3 Å². The fourth-order valence-electron chi connectivity index (χ4n) is 1.53. The van der Waals surface area contributed by atoms with E-state index < -0.39 is 6.43 Å². The van der Waals surface area contributed by atoms with Crippen molar-refractivity contribution in [1.29, 1.82) is 0 Å². The first-order valence-electron chi connectivity index (χ1n) is 4.80. The minimum atomic E-state index is -2.32. The molecule has 0 saturated heterocycles. The Balaban J connectivity index is 2.42. The van der Waals surface area contributed by atoms with Crippen molar-refractivity contribution in [3.05, 3.63) is 36.4 Å². The predicted molar refractivity (Wildman–Crippen MR) is 62.3 cm³/mol. The molecule has 0 unspecified atom stereocenters. The van der Waals surface area contributed by atoms with Gasteiger partial charge in [0.05, 0.1) is 5.75 Å². The number of rotatable bonds is 3. The van der Waals surface area contributed by atoms with Gasteiger partial charge in [-0.15, -0.1) is 11.8 Å². The van der Waals surface area contributed by atoms with Gasteiger partial charge in [-0.1, -0.05) is 24.3 Å². The molecule has 2 aromatic carbocycles. The van der Waals surface area contributed by atoms with Gasteiger partial charge in [-0.05, 0) is 17.5 Å². The lowest BCUT2D eigenvalue weighted by atomic mass is 10.1.